The lowest BCUT2D eigenvalue weighted by atomic mass is 9.77. The van der Waals surface area contributed by atoms with E-state index < -0.39 is 11.7 Å². The molecule has 0 spiro atoms. The molecule has 1 fully saturated rings. The zero-order valence-corrected chi connectivity index (χ0v) is 10.3. The summed E-state index contributed by atoms with van der Waals surface area (Å²) in [5.41, 5.74) is 0.263. The third-order valence-corrected chi connectivity index (χ3v) is 2.82. The Morgan fingerprint density at radius 2 is 1.59 bits per heavy atom. The molecule has 1 aromatic rings. The summed E-state index contributed by atoms with van der Waals surface area (Å²) in [6.07, 6.45) is -1.54. The molecule has 0 radical (unpaired) electrons. The maximum absolute atomic E-state index is 12.2. The Labute approximate surface area is 104 Å². The van der Waals surface area contributed by atoms with Crippen molar-refractivity contribution in [3.8, 4) is 0 Å². The lowest BCUT2D eigenvalue weighted by Crippen LogP contribution is -2.26. The van der Waals surface area contributed by atoms with Gasteiger partial charge in [0.05, 0.1) is 11.7 Å². The van der Waals surface area contributed by atoms with Crippen LogP contribution >= 0.6 is 12.6 Å². The van der Waals surface area contributed by atoms with E-state index in [4.69, 9.17) is 5.11 Å². The topological polar surface area (TPSA) is 20.2 Å². The summed E-state index contributed by atoms with van der Waals surface area (Å²) < 4.78 is 36.7. The first-order valence-electron chi connectivity index (χ1n) is 5.27. The van der Waals surface area contributed by atoms with Crippen LogP contribution in [0.3, 0.4) is 0 Å². The first-order chi connectivity index (χ1) is 7.97. The monoisotopic (exact) mass is 264 g/mol. The lowest BCUT2D eigenvalue weighted by Gasteiger charge is -2.31. The van der Waals surface area contributed by atoms with Gasteiger partial charge in [-0.15, -0.1) is 0 Å². The number of rotatable bonds is 1. The van der Waals surface area contributed by atoms with Crippen LogP contribution in [0, 0.1) is 0 Å². The molecule has 17 heavy (non-hydrogen) atoms. The number of thiol groups is 1. The summed E-state index contributed by atoms with van der Waals surface area (Å²) in [6.45, 7) is 0. The van der Waals surface area contributed by atoms with Crippen LogP contribution in [-0.4, -0.2) is 17.5 Å². The molecule has 2 rings (SSSR count). The quantitative estimate of drug-likeness (QED) is 0.744. The molecule has 0 aliphatic heterocycles. The van der Waals surface area contributed by atoms with Gasteiger partial charge in [0.25, 0.3) is 0 Å². The molecule has 0 heterocycles. The van der Waals surface area contributed by atoms with Crippen molar-refractivity contribution in [1.29, 1.82) is 0 Å². The number of hydrogen-bond acceptors (Lipinski definition) is 2. The van der Waals surface area contributed by atoms with Gasteiger partial charge in [0, 0.05) is 0 Å². The van der Waals surface area contributed by atoms with E-state index in [-0.39, 0.29) is 12.0 Å². The van der Waals surface area contributed by atoms with Gasteiger partial charge < -0.3 is 5.11 Å². The average molecular weight is 264 g/mol. The number of alkyl halides is 3. The van der Waals surface area contributed by atoms with Crippen LogP contribution in [0.25, 0.3) is 0 Å². The van der Waals surface area contributed by atoms with Gasteiger partial charge >= 0.3 is 6.18 Å². The fraction of sp³-hybridized carbons (Fsp3) is 0.500. The first-order valence-corrected chi connectivity index (χ1v) is 6.16. The van der Waals surface area contributed by atoms with Gasteiger partial charge in [-0.2, -0.15) is 25.8 Å². The Morgan fingerprint density at radius 1 is 1.12 bits per heavy atom. The zero-order chi connectivity index (χ0) is 13.1. The average Bonchev–Trinajstić information content (AvgIpc) is 2.27. The summed E-state index contributed by atoms with van der Waals surface area (Å²) in [5.74, 6) is 0.224. The molecular formula is C12H15F3OS. The van der Waals surface area contributed by atoms with Crippen molar-refractivity contribution in [3.05, 3.63) is 35.4 Å². The second kappa shape index (κ2) is 5.78. The predicted molar refractivity (Wildman–Crippen MR) is 64.3 cm³/mol. The van der Waals surface area contributed by atoms with Gasteiger partial charge in [-0.05, 0) is 42.7 Å². The van der Waals surface area contributed by atoms with Crippen molar-refractivity contribution in [2.24, 2.45) is 0 Å². The second-order valence-corrected chi connectivity index (χ2v) is 3.94. The molecule has 1 aliphatic carbocycles. The second-order valence-electron chi connectivity index (χ2n) is 3.94. The van der Waals surface area contributed by atoms with Crippen LogP contribution in [0.2, 0.25) is 0 Å². The molecule has 1 saturated carbocycles. The minimum atomic E-state index is -4.27. The molecule has 1 nitrogen and oxygen atoms in total. The maximum atomic E-state index is 12.2. The van der Waals surface area contributed by atoms with E-state index in [0.717, 1.165) is 17.7 Å². The largest absolute Gasteiger partial charge is 0.416 e. The molecule has 0 amide bonds. The lowest BCUT2D eigenvalue weighted by molar-refractivity contribution is -0.137. The van der Waals surface area contributed by atoms with Crippen LogP contribution in [-0.2, 0) is 6.18 Å². The van der Waals surface area contributed by atoms with Gasteiger partial charge in [0.1, 0.15) is 0 Å². The summed E-state index contributed by atoms with van der Waals surface area (Å²) >= 11 is 3.53. The highest BCUT2D eigenvalue weighted by Crippen LogP contribution is 2.38. The Bertz CT molecular complexity index is 342. The molecule has 0 aromatic heterocycles. The van der Waals surface area contributed by atoms with Crippen LogP contribution in [0.1, 0.15) is 29.9 Å². The van der Waals surface area contributed by atoms with Gasteiger partial charge in [-0.3, -0.25) is 0 Å². The Hall–Kier alpha value is -0.680. The van der Waals surface area contributed by atoms with E-state index in [0.29, 0.717) is 12.8 Å². The van der Waals surface area contributed by atoms with E-state index >= 15 is 0 Å². The Morgan fingerprint density at radius 3 is 1.94 bits per heavy atom. The standard InChI is InChI=1S/C11H11F3O.CH4S/c12-11(13,14)9-3-1-7(2-4-9)8-5-10(15)6-8;1-2/h1-4,8,10,15H,5-6H2;2H,1H3. The molecule has 96 valence electrons. The molecule has 5 heteroatoms. The summed E-state index contributed by atoms with van der Waals surface area (Å²) in [6, 6.07) is 5.19. The number of aliphatic hydroxyl groups is 1. The van der Waals surface area contributed by atoms with Crippen LogP contribution in [0.5, 0.6) is 0 Å². The molecule has 0 saturated heterocycles. The first kappa shape index (κ1) is 14.4. The Balaban J connectivity index is 0.000000686. The summed E-state index contributed by atoms with van der Waals surface area (Å²) in [5, 5.41) is 9.08. The van der Waals surface area contributed by atoms with Crippen molar-refractivity contribution < 1.29 is 18.3 Å². The minimum absolute atomic E-state index is 0.224. The van der Waals surface area contributed by atoms with E-state index in [1.165, 1.54) is 12.1 Å². The number of halogens is 3. The molecule has 1 aromatic carbocycles. The zero-order valence-electron chi connectivity index (χ0n) is 9.41. The van der Waals surface area contributed by atoms with Crippen LogP contribution in [0.15, 0.2) is 24.3 Å². The summed E-state index contributed by atoms with van der Waals surface area (Å²) in [4.78, 5) is 0. The number of benzene rings is 1. The van der Waals surface area contributed by atoms with E-state index in [1.807, 2.05) is 0 Å². The smallest absolute Gasteiger partial charge is 0.393 e. The van der Waals surface area contributed by atoms with Crippen LogP contribution < -0.4 is 0 Å². The highest BCUT2D eigenvalue weighted by molar-refractivity contribution is 7.79. The number of hydrogen-bond donors (Lipinski definition) is 2. The third-order valence-electron chi connectivity index (χ3n) is 2.82. The highest BCUT2D eigenvalue weighted by atomic mass is 32.1. The molecule has 0 unspecified atom stereocenters. The maximum Gasteiger partial charge on any atom is 0.416 e. The van der Waals surface area contributed by atoms with Gasteiger partial charge in [-0.25, -0.2) is 0 Å². The van der Waals surface area contributed by atoms with Crippen LogP contribution in [0.4, 0.5) is 13.2 Å². The minimum Gasteiger partial charge on any atom is -0.393 e. The summed E-state index contributed by atoms with van der Waals surface area (Å²) in [7, 11) is 0. The molecule has 0 bridgehead atoms. The molecule has 0 atom stereocenters. The fourth-order valence-electron chi connectivity index (χ4n) is 1.80. The van der Waals surface area contributed by atoms with Crippen molar-refractivity contribution in [2.75, 3.05) is 6.26 Å². The van der Waals surface area contributed by atoms with E-state index in [1.54, 1.807) is 6.26 Å². The van der Waals surface area contributed by atoms with Gasteiger partial charge in [-0.1, -0.05) is 12.1 Å². The molecular weight excluding hydrogens is 249 g/mol. The van der Waals surface area contributed by atoms with Gasteiger partial charge in [0.2, 0.25) is 0 Å². The van der Waals surface area contributed by atoms with Crippen molar-refractivity contribution >= 4 is 12.6 Å². The van der Waals surface area contributed by atoms with Crippen molar-refractivity contribution in [3.63, 3.8) is 0 Å². The molecule has 1 N–H and O–H groups in total. The Kier molecular flexibility index (Phi) is 4.89. The third kappa shape index (κ3) is 3.64. The predicted octanol–water partition coefficient (Wildman–Crippen LogP) is 3.49. The molecule has 1 aliphatic rings. The van der Waals surface area contributed by atoms with E-state index in [2.05, 4.69) is 12.6 Å². The van der Waals surface area contributed by atoms with Crippen molar-refractivity contribution in [2.45, 2.75) is 31.0 Å². The van der Waals surface area contributed by atoms with Crippen molar-refractivity contribution in [1.82, 2.24) is 0 Å². The normalized spacial score (nSPS) is 23.4. The fourth-order valence-corrected chi connectivity index (χ4v) is 1.80. The highest BCUT2D eigenvalue weighted by Gasteiger charge is 2.32. The van der Waals surface area contributed by atoms with Gasteiger partial charge in [0.15, 0.2) is 0 Å². The number of aliphatic hydroxyl groups excluding tert-OH is 1. The van der Waals surface area contributed by atoms with E-state index in [9.17, 15) is 13.2 Å². The SMILES string of the molecule is CS.OC1CC(c2ccc(C(F)(F)F)cc2)C1.